The minimum absolute atomic E-state index is 0.0637. The summed E-state index contributed by atoms with van der Waals surface area (Å²) in [6, 6.07) is 15.7. The van der Waals surface area contributed by atoms with E-state index in [0.29, 0.717) is 5.75 Å². The maximum absolute atomic E-state index is 12.2. The Hall–Kier alpha value is -2.05. The molecular formula is C18H16BrN3OS. The molecule has 0 radical (unpaired) electrons. The highest BCUT2D eigenvalue weighted by molar-refractivity contribution is 9.10. The first-order valence-corrected chi connectivity index (χ1v) is 9.19. The fraction of sp³-hybridized carbons (Fsp3) is 0.111. The fourth-order valence-electron chi connectivity index (χ4n) is 2.29. The number of aromatic nitrogens is 2. The molecule has 1 N–H and O–H groups in total. The van der Waals surface area contributed by atoms with E-state index < -0.39 is 0 Å². The van der Waals surface area contributed by atoms with Crippen LogP contribution in [0.5, 0.6) is 0 Å². The number of thioether (sulfide) groups is 1. The lowest BCUT2D eigenvalue weighted by Crippen LogP contribution is -2.14. The van der Waals surface area contributed by atoms with Crippen LogP contribution < -0.4 is 5.32 Å². The average Bonchev–Trinajstić information content (AvgIpc) is 3.04. The van der Waals surface area contributed by atoms with Crippen LogP contribution in [0.15, 0.2) is 70.6 Å². The van der Waals surface area contributed by atoms with Gasteiger partial charge in [0.1, 0.15) is 0 Å². The molecule has 0 bridgehead atoms. The van der Waals surface area contributed by atoms with Crippen molar-refractivity contribution in [2.45, 2.75) is 12.1 Å². The highest BCUT2D eigenvalue weighted by Gasteiger charge is 2.11. The molecule has 1 aromatic heterocycles. The van der Waals surface area contributed by atoms with Gasteiger partial charge in [0.05, 0.1) is 17.1 Å². The highest BCUT2D eigenvalue weighted by atomic mass is 79.9. The number of imidazole rings is 1. The van der Waals surface area contributed by atoms with Gasteiger partial charge in [0.25, 0.3) is 0 Å². The van der Waals surface area contributed by atoms with Crippen LogP contribution in [0, 0.1) is 6.92 Å². The molecule has 3 aromatic rings. The highest BCUT2D eigenvalue weighted by Crippen LogP contribution is 2.24. The lowest BCUT2D eigenvalue weighted by atomic mass is 10.2. The van der Waals surface area contributed by atoms with Gasteiger partial charge in [-0.15, -0.1) is 0 Å². The zero-order valence-corrected chi connectivity index (χ0v) is 15.5. The van der Waals surface area contributed by atoms with Crippen LogP contribution in [0.1, 0.15) is 5.56 Å². The van der Waals surface area contributed by atoms with Crippen molar-refractivity contribution in [2.24, 2.45) is 0 Å². The van der Waals surface area contributed by atoms with E-state index in [2.05, 4.69) is 39.2 Å². The molecule has 0 saturated heterocycles. The van der Waals surface area contributed by atoms with Crippen molar-refractivity contribution in [3.8, 4) is 5.69 Å². The lowest BCUT2D eigenvalue weighted by Gasteiger charge is -2.10. The van der Waals surface area contributed by atoms with E-state index in [1.165, 1.54) is 11.8 Å². The summed E-state index contributed by atoms with van der Waals surface area (Å²) in [7, 11) is 0. The molecule has 0 aliphatic carbocycles. The minimum Gasteiger partial charge on any atom is -0.324 e. The Labute approximate surface area is 153 Å². The normalized spacial score (nSPS) is 10.6. The number of hydrogen-bond acceptors (Lipinski definition) is 3. The molecule has 0 spiro atoms. The Kier molecular flexibility index (Phi) is 5.37. The van der Waals surface area contributed by atoms with Gasteiger partial charge in [-0.25, -0.2) is 4.98 Å². The zero-order valence-electron chi connectivity index (χ0n) is 13.1. The van der Waals surface area contributed by atoms with E-state index in [1.807, 2.05) is 53.2 Å². The molecule has 6 heteroatoms. The van der Waals surface area contributed by atoms with Gasteiger partial charge in [0.2, 0.25) is 5.91 Å². The first-order chi connectivity index (χ1) is 11.6. The monoisotopic (exact) mass is 401 g/mol. The second kappa shape index (κ2) is 7.68. The van der Waals surface area contributed by atoms with Crippen LogP contribution >= 0.6 is 27.7 Å². The van der Waals surface area contributed by atoms with Gasteiger partial charge in [0.15, 0.2) is 5.16 Å². The predicted molar refractivity (Wildman–Crippen MR) is 102 cm³/mol. The van der Waals surface area contributed by atoms with Crippen molar-refractivity contribution >= 4 is 39.3 Å². The number of halogens is 1. The molecule has 0 atom stereocenters. The van der Waals surface area contributed by atoms with Gasteiger partial charge in [-0.3, -0.25) is 9.36 Å². The van der Waals surface area contributed by atoms with E-state index in [0.717, 1.165) is 26.6 Å². The van der Waals surface area contributed by atoms with E-state index in [-0.39, 0.29) is 5.91 Å². The molecule has 0 unspecified atom stereocenters. The molecule has 24 heavy (non-hydrogen) atoms. The molecule has 1 amide bonds. The van der Waals surface area contributed by atoms with E-state index in [1.54, 1.807) is 6.20 Å². The summed E-state index contributed by atoms with van der Waals surface area (Å²) in [5.74, 6) is 0.232. The molecular weight excluding hydrogens is 386 g/mol. The fourth-order valence-corrected chi connectivity index (χ4v) is 3.44. The largest absolute Gasteiger partial charge is 0.324 e. The van der Waals surface area contributed by atoms with Crippen molar-refractivity contribution in [1.29, 1.82) is 0 Å². The molecule has 3 rings (SSSR count). The SMILES string of the molecule is Cc1ccccc1-n1ccnc1SCC(=O)Nc1ccccc1Br. The number of carbonyl (C=O) groups is 1. The number of anilines is 1. The van der Waals surface area contributed by atoms with Crippen LogP contribution in [0.3, 0.4) is 0 Å². The van der Waals surface area contributed by atoms with Crippen LogP contribution in [0.4, 0.5) is 5.69 Å². The number of aryl methyl sites for hydroxylation is 1. The number of nitrogens with one attached hydrogen (secondary N) is 1. The maximum atomic E-state index is 12.2. The topological polar surface area (TPSA) is 46.9 Å². The standard InChI is InChI=1S/C18H16BrN3OS/c1-13-6-2-5-9-16(13)22-11-10-20-18(22)24-12-17(23)21-15-8-4-3-7-14(15)19/h2-11H,12H2,1H3,(H,21,23). The number of nitrogens with zero attached hydrogens (tertiary/aromatic N) is 2. The summed E-state index contributed by atoms with van der Waals surface area (Å²) in [5.41, 5.74) is 3.00. The Morgan fingerprint density at radius 2 is 1.96 bits per heavy atom. The number of rotatable bonds is 5. The molecule has 0 aliphatic heterocycles. The van der Waals surface area contributed by atoms with Crippen molar-refractivity contribution in [3.05, 3.63) is 71.0 Å². The molecule has 1 heterocycles. The zero-order chi connectivity index (χ0) is 16.9. The summed E-state index contributed by atoms with van der Waals surface area (Å²) < 4.78 is 2.87. The van der Waals surface area contributed by atoms with Gasteiger partial charge in [0, 0.05) is 16.9 Å². The quantitative estimate of drug-likeness (QED) is 0.631. The molecule has 0 saturated carbocycles. The lowest BCUT2D eigenvalue weighted by molar-refractivity contribution is -0.113. The van der Waals surface area contributed by atoms with Gasteiger partial charge < -0.3 is 5.32 Å². The van der Waals surface area contributed by atoms with Crippen molar-refractivity contribution in [3.63, 3.8) is 0 Å². The molecule has 0 fully saturated rings. The summed E-state index contributed by atoms with van der Waals surface area (Å²) in [5, 5.41) is 3.70. The van der Waals surface area contributed by atoms with E-state index >= 15 is 0 Å². The third-order valence-electron chi connectivity index (χ3n) is 3.46. The second-order valence-electron chi connectivity index (χ2n) is 5.18. The Morgan fingerprint density at radius 1 is 1.21 bits per heavy atom. The summed E-state index contributed by atoms with van der Waals surface area (Å²) in [6.45, 7) is 2.06. The Morgan fingerprint density at radius 3 is 2.75 bits per heavy atom. The number of amides is 1. The summed E-state index contributed by atoms with van der Waals surface area (Å²) in [4.78, 5) is 16.6. The van der Waals surface area contributed by atoms with Gasteiger partial charge in [-0.2, -0.15) is 0 Å². The second-order valence-corrected chi connectivity index (χ2v) is 6.98. The maximum Gasteiger partial charge on any atom is 0.234 e. The first-order valence-electron chi connectivity index (χ1n) is 7.41. The number of para-hydroxylation sites is 2. The van der Waals surface area contributed by atoms with Gasteiger partial charge >= 0.3 is 0 Å². The summed E-state index contributed by atoms with van der Waals surface area (Å²) in [6.07, 6.45) is 3.66. The average molecular weight is 402 g/mol. The Bertz CT molecular complexity index is 863. The first kappa shape index (κ1) is 16.8. The summed E-state index contributed by atoms with van der Waals surface area (Å²) >= 11 is 4.84. The van der Waals surface area contributed by atoms with Crippen molar-refractivity contribution < 1.29 is 4.79 Å². The number of hydrogen-bond donors (Lipinski definition) is 1. The smallest absolute Gasteiger partial charge is 0.234 e. The third-order valence-corrected chi connectivity index (χ3v) is 5.12. The third kappa shape index (κ3) is 3.88. The number of carbonyl (C=O) groups excluding carboxylic acids is 1. The van der Waals surface area contributed by atoms with Crippen LogP contribution in [-0.4, -0.2) is 21.2 Å². The van der Waals surface area contributed by atoms with Crippen LogP contribution in [0.25, 0.3) is 5.69 Å². The van der Waals surface area contributed by atoms with Gasteiger partial charge in [-0.05, 0) is 46.6 Å². The van der Waals surface area contributed by atoms with E-state index in [9.17, 15) is 4.79 Å². The molecule has 122 valence electrons. The number of benzene rings is 2. The van der Waals surface area contributed by atoms with Crippen molar-refractivity contribution in [1.82, 2.24) is 9.55 Å². The van der Waals surface area contributed by atoms with Crippen molar-refractivity contribution in [2.75, 3.05) is 11.1 Å². The van der Waals surface area contributed by atoms with E-state index in [4.69, 9.17) is 0 Å². The minimum atomic E-state index is -0.0637. The molecule has 4 nitrogen and oxygen atoms in total. The van der Waals surface area contributed by atoms with Gasteiger partial charge in [-0.1, -0.05) is 42.1 Å². The predicted octanol–water partition coefficient (Wildman–Crippen LogP) is 4.67. The Balaban J connectivity index is 1.68. The van der Waals surface area contributed by atoms with Crippen LogP contribution in [0.2, 0.25) is 0 Å². The molecule has 2 aromatic carbocycles. The van der Waals surface area contributed by atoms with Crippen LogP contribution in [-0.2, 0) is 4.79 Å². The molecule has 0 aliphatic rings.